The first kappa shape index (κ1) is 16.3. The predicted octanol–water partition coefficient (Wildman–Crippen LogP) is 1.85. The second-order valence-corrected chi connectivity index (χ2v) is 4.23. The van der Waals surface area contributed by atoms with Crippen molar-refractivity contribution in [2.24, 2.45) is 0 Å². The number of anilines is 3. The Hall–Kier alpha value is -1.73. The molecule has 0 spiro atoms. The highest BCUT2D eigenvalue weighted by Gasteiger charge is 2.16. The van der Waals surface area contributed by atoms with E-state index in [-0.39, 0.29) is 5.95 Å². The maximum Gasteiger partial charge on any atom is 0.255 e. The van der Waals surface area contributed by atoms with Crippen molar-refractivity contribution in [3.63, 3.8) is 0 Å². The minimum atomic E-state index is -2.43. The summed E-state index contributed by atoms with van der Waals surface area (Å²) in [5.41, 5.74) is 0. The highest BCUT2D eigenvalue weighted by atomic mass is 19.3. The van der Waals surface area contributed by atoms with Crippen LogP contribution in [0.25, 0.3) is 0 Å². The summed E-state index contributed by atoms with van der Waals surface area (Å²) in [6.07, 6.45) is -2.43. The summed E-state index contributed by atoms with van der Waals surface area (Å²) in [4.78, 5) is 16.0. The van der Waals surface area contributed by atoms with E-state index in [1.165, 1.54) is 4.90 Å². The summed E-state index contributed by atoms with van der Waals surface area (Å²) < 4.78 is 24.9. The summed E-state index contributed by atoms with van der Waals surface area (Å²) in [5, 5.41) is 3.00. The van der Waals surface area contributed by atoms with Crippen molar-refractivity contribution in [1.82, 2.24) is 15.0 Å². The van der Waals surface area contributed by atoms with Crippen LogP contribution in [0.3, 0.4) is 0 Å². The van der Waals surface area contributed by atoms with Gasteiger partial charge in [0.2, 0.25) is 17.8 Å². The van der Waals surface area contributed by atoms with Crippen molar-refractivity contribution in [1.29, 1.82) is 0 Å². The molecule has 0 aliphatic carbocycles. The van der Waals surface area contributed by atoms with Gasteiger partial charge in [-0.15, -0.1) is 0 Å². The number of halogens is 2. The summed E-state index contributed by atoms with van der Waals surface area (Å²) in [6, 6.07) is 0. The molecule has 20 heavy (non-hydrogen) atoms. The van der Waals surface area contributed by atoms with Gasteiger partial charge in [-0.25, -0.2) is 8.78 Å². The maximum absolute atomic E-state index is 12.5. The summed E-state index contributed by atoms with van der Waals surface area (Å²) in [6.45, 7) is 7.62. The van der Waals surface area contributed by atoms with Crippen molar-refractivity contribution >= 4 is 17.8 Å². The zero-order valence-corrected chi connectivity index (χ0v) is 12.4. The Morgan fingerprint density at radius 1 is 1.05 bits per heavy atom. The van der Waals surface area contributed by atoms with Crippen LogP contribution in [0.2, 0.25) is 0 Å². The van der Waals surface area contributed by atoms with Crippen molar-refractivity contribution in [3.05, 3.63) is 0 Å². The topological polar surface area (TPSA) is 57.2 Å². The van der Waals surface area contributed by atoms with Gasteiger partial charge in [0.1, 0.15) is 0 Å². The molecule has 114 valence electrons. The Kier molecular flexibility index (Phi) is 6.33. The first-order valence-electron chi connectivity index (χ1n) is 6.75. The number of nitrogens with one attached hydrogen (secondary N) is 1. The standard InChI is InChI=1S/C12H22F2N6/c1-5-15-10-16-11(19(4)8-9(13)14)18-12(17-10)20(6-2)7-3/h9H,5-8H2,1-4H3,(H,15,16,17,18). The molecule has 1 aromatic rings. The quantitative estimate of drug-likeness (QED) is 0.788. The molecule has 0 radical (unpaired) electrons. The van der Waals surface area contributed by atoms with Crippen molar-refractivity contribution in [3.8, 4) is 0 Å². The lowest BCUT2D eigenvalue weighted by Gasteiger charge is -2.22. The van der Waals surface area contributed by atoms with E-state index in [2.05, 4.69) is 20.3 Å². The Morgan fingerprint density at radius 3 is 2.15 bits per heavy atom. The van der Waals surface area contributed by atoms with Crippen LogP contribution in [-0.2, 0) is 0 Å². The van der Waals surface area contributed by atoms with Crippen LogP contribution in [-0.4, -0.2) is 54.6 Å². The lowest BCUT2D eigenvalue weighted by Crippen LogP contribution is -2.29. The molecule has 8 heteroatoms. The molecule has 0 unspecified atom stereocenters. The van der Waals surface area contributed by atoms with Crippen molar-refractivity contribution in [2.75, 3.05) is 48.3 Å². The zero-order chi connectivity index (χ0) is 15.1. The van der Waals surface area contributed by atoms with Crippen LogP contribution in [0, 0.1) is 0 Å². The molecule has 0 bridgehead atoms. The number of rotatable bonds is 8. The molecule has 0 amide bonds. The number of alkyl halides is 2. The largest absolute Gasteiger partial charge is 0.354 e. The summed E-state index contributed by atoms with van der Waals surface area (Å²) in [7, 11) is 1.54. The average Bonchev–Trinajstić information content (AvgIpc) is 2.39. The van der Waals surface area contributed by atoms with Crippen LogP contribution in [0.4, 0.5) is 26.6 Å². The molecule has 0 aromatic carbocycles. The van der Waals surface area contributed by atoms with Crippen LogP contribution in [0.1, 0.15) is 20.8 Å². The Balaban J connectivity index is 3.09. The fraction of sp³-hybridized carbons (Fsp3) is 0.750. The number of hydrogen-bond acceptors (Lipinski definition) is 6. The van der Waals surface area contributed by atoms with Gasteiger partial charge in [0.05, 0.1) is 6.54 Å². The van der Waals surface area contributed by atoms with E-state index in [4.69, 9.17) is 0 Å². The van der Waals surface area contributed by atoms with Gasteiger partial charge in [-0.2, -0.15) is 15.0 Å². The zero-order valence-electron chi connectivity index (χ0n) is 12.4. The monoisotopic (exact) mass is 288 g/mol. The minimum Gasteiger partial charge on any atom is -0.354 e. The lowest BCUT2D eigenvalue weighted by molar-refractivity contribution is 0.156. The average molecular weight is 288 g/mol. The molecular weight excluding hydrogens is 266 g/mol. The molecule has 1 N–H and O–H groups in total. The molecule has 0 aliphatic rings. The highest BCUT2D eigenvalue weighted by molar-refractivity contribution is 5.44. The molecule has 0 atom stereocenters. The van der Waals surface area contributed by atoms with Gasteiger partial charge >= 0.3 is 0 Å². The predicted molar refractivity (Wildman–Crippen MR) is 76.8 cm³/mol. The molecule has 1 rings (SSSR count). The third-order valence-corrected chi connectivity index (χ3v) is 2.75. The first-order valence-corrected chi connectivity index (χ1v) is 6.75. The van der Waals surface area contributed by atoms with Gasteiger partial charge in [0, 0.05) is 26.7 Å². The van der Waals surface area contributed by atoms with Crippen LogP contribution >= 0.6 is 0 Å². The fourth-order valence-corrected chi connectivity index (χ4v) is 1.70. The second kappa shape index (κ2) is 7.76. The van der Waals surface area contributed by atoms with Gasteiger partial charge in [-0.1, -0.05) is 0 Å². The van der Waals surface area contributed by atoms with Gasteiger partial charge in [-0.3, -0.25) is 0 Å². The Bertz CT molecular complexity index is 411. The molecule has 0 aliphatic heterocycles. The van der Waals surface area contributed by atoms with Crippen molar-refractivity contribution < 1.29 is 8.78 Å². The lowest BCUT2D eigenvalue weighted by atomic mass is 10.5. The summed E-state index contributed by atoms with van der Waals surface area (Å²) >= 11 is 0. The number of aromatic nitrogens is 3. The molecule has 0 saturated carbocycles. The third kappa shape index (κ3) is 4.43. The Morgan fingerprint density at radius 2 is 1.65 bits per heavy atom. The second-order valence-electron chi connectivity index (χ2n) is 4.23. The minimum absolute atomic E-state index is 0.248. The van der Waals surface area contributed by atoms with E-state index >= 15 is 0 Å². The maximum atomic E-state index is 12.5. The molecule has 0 fully saturated rings. The van der Waals surface area contributed by atoms with E-state index in [9.17, 15) is 8.78 Å². The highest BCUT2D eigenvalue weighted by Crippen LogP contribution is 2.16. The molecule has 0 saturated heterocycles. The number of hydrogen-bond donors (Lipinski definition) is 1. The van der Waals surface area contributed by atoms with E-state index in [0.29, 0.717) is 18.4 Å². The van der Waals surface area contributed by atoms with Crippen LogP contribution in [0.15, 0.2) is 0 Å². The van der Waals surface area contributed by atoms with Crippen molar-refractivity contribution in [2.45, 2.75) is 27.2 Å². The van der Waals surface area contributed by atoms with E-state index in [1.54, 1.807) is 7.05 Å². The van der Waals surface area contributed by atoms with Crippen LogP contribution in [0.5, 0.6) is 0 Å². The summed E-state index contributed by atoms with van der Waals surface area (Å²) in [5.74, 6) is 1.15. The smallest absolute Gasteiger partial charge is 0.255 e. The van der Waals surface area contributed by atoms with Crippen LogP contribution < -0.4 is 15.1 Å². The van der Waals surface area contributed by atoms with Gasteiger partial charge < -0.3 is 15.1 Å². The van der Waals surface area contributed by atoms with E-state index in [0.717, 1.165) is 13.1 Å². The first-order chi connectivity index (χ1) is 9.51. The third-order valence-electron chi connectivity index (χ3n) is 2.75. The number of nitrogens with zero attached hydrogens (tertiary/aromatic N) is 5. The normalized spacial score (nSPS) is 10.8. The Labute approximate surface area is 118 Å². The fourth-order valence-electron chi connectivity index (χ4n) is 1.70. The van der Waals surface area contributed by atoms with Gasteiger partial charge in [0.25, 0.3) is 6.43 Å². The molecule has 1 aromatic heterocycles. The molecule has 6 nitrogen and oxygen atoms in total. The van der Waals surface area contributed by atoms with Gasteiger partial charge in [0.15, 0.2) is 0 Å². The van der Waals surface area contributed by atoms with E-state index in [1.807, 2.05) is 25.7 Å². The van der Waals surface area contributed by atoms with E-state index < -0.39 is 13.0 Å². The molecular formula is C12H22F2N6. The molecule has 1 heterocycles. The van der Waals surface area contributed by atoms with Gasteiger partial charge in [-0.05, 0) is 20.8 Å². The SMILES string of the molecule is CCNc1nc(N(C)CC(F)F)nc(N(CC)CC)n1.